The Balaban J connectivity index is 1.56. The van der Waals surface area contributed by atoms with Crippen LogP contribution >= 0.6 is 0 Å². The minimum Gasteiger partial charge on any atom is -0.383 e. The van der Waals surface area contributed by atoms with Crippen LogP contribution in [-0.4, -0.2) is 48.1 Å². The molecule has 1 atom stereocenters. The molecule has 1 aliphatic rings. The Hall–Kier alpha value is -3.73. The third-order valence-corrected chi connectivity index (χ3v) is 5.13. The number of pyridine rings is 1. The highest BCUT2D eigenvalue weighted by Crippen LogP contribution is 2.30. The number of halogens is 2. The molecule has 4 aromatic rings. The molecule has 0 amide bonds. The van der Waals surface area contributed by atoms with Gasteiger partial charge in [0.2, 0.25) is 0 Å². The summed E-state index contributed by atoms with van der Waals surface area (Å²) in [6.07, 6.45) is 6.35. The molecular formula is C19H17F2N9. The summed E-state index contributed by atoms with van der Waals surface area (Å²) in [7, 11) is 0. The zero-order valence-electron chi connectivity index (χ0n) is 15.7. The quantitative estimate of drug-likeness (QED) is 0.530. The molecule has 9 nitrogen and oxygen atoms in total. The van der Waals surface area contributed by atoms with Gasteiger partial charge in [0, 0.05) is 30.1 Å². The molecule has 0 unspecified atom stereocenters. The van der Waals surface area contributed by atoms with Crippen LogP contribution in [0.4, 0.5) is 14.6 Å². The molecule has 0 aliphatic carbocycles. The van der Waals surface area contributed by atoms with Crippen LogP contribution in [0.2, 0.25) is 0 Å². The lowest BCUT2D eigenvalue weighted by atomic mass is 10.1. The largest absolute Gasteiger partial charge is 0.383 e. The number of anilines is 1. The summed E-state index contributed by atoms with van der Waals surface area (Å²) in [5.74, 6) is -1.74. The van der Waals surface area contributed by atoms with Crippen molar-refractivity contribution in [1.29, 1.82) is 0 Å². The topological polar surface area (TPSA) is 112 Å². The Morgan fingerprint density at radius 2 is 2.07 bits per heavy atom. The number of nitrogens with two attached hydrogens (primary N) is 1. The molecule has 152 valence electrons. The highest BCUT2D eigenvalue weighted by molar-refractivity contribution is 5.76. The molecule has 0 saturated carbocycles. The van der Waals surface area contributed by atoms with Gasteiger partial charge in [-0.15, -0.1) is 5.10 Å². The Kier molecular flexibility index (Phi) is 4.43. The molecule has 3 N–H and O–H groups in total. The highest BCUT2D eigenvalue weighted by atomic mass is 19.2. The Morgan fingerprint density at radius 3 is 2.90 bits per heavy atom. The SMILES string of the molecule is Nc1ncc(-c2cnn([C@H]3CCNC3)c2)cc1-c1nnnn1-c1cccc(F)c1F. The van der Waals surface area contributed by atoms with Gasteiger partial charge in [-0.05, 0) is 41.6 Å². The zero-order chi connectivity index (χ0) is 20.7. The predicted octanol–water partition coefficient (Wildman–Crippen LogP) is 1.98. The highest BCUT2D eigenvalue weighted by Gasteiger charge is 2.21. The molecule has 1 saturated heterocycles. The van der Waals surface area contributed by atoms with Gasteiger partial charge in [-0.3, -0.25) is 4.68 Å². The van der Waals surface area contributed by atoms with Crippen molar-refractivity contribution < 1.29 is 8.78 Å². The van der Waals surface area contributed by atoms with Crippen molar-refractivity contribution in [2.24, 2.45) is 0 Å². The van der Waals surface area contributed by atoms with Crippen molar-refractivity contribution in [3.05, 3.63) is 54.5 Å². The van der Waals surface area contributed by atoms with E-state index in [4.69, 9.17) is 5.73 Å². The summed E-state index contributed by atoms with van der Waals surface area (Å²) in [6, 6.07) is 5.85. The van der Waals surface area contributed by atoms with Crippen LogP contribution in [0.3, 0.4) is 0 Å². The first-order valence-electron chi connectivity index (χ1n) is 9.35. The lowest BCUT2D eigenvalue weighted by Gasteiger charge is -2.09. The van der Waals surface area contributed by atoms with Gasteiger partial charge < -0.3 is 11.1 Å². The molecule has 1 fully saturated rings. The molecule has 1 aliphatic heterocycles. The molecule has 4 heterocycles. The van der Waals surface area contributed by atoms with Gasteiger partial charge in [0.15, 0.2) is 17.5 Å². The van der Waals surface area contributed by atoms with E-state index in [1.807, 2.05) is 10.9 Å². The Morgan fingerprint density at radius 1 is 1.17 bits per heavy atom. The van der Waals surface area contributed by atoms with Crippen LogP contribution in [0, 0.1) is 11.6 Å². The fourth-order valence-electron chi connectivity index (χ4n) is 3.54. The second-order valence-corrected chi connectivity index (χ2v) is 7.00. The molecule has 0 radical (unpaired) electrons. The molecular weight excluding hydrogens is 392 g/mol. The van der Waals surface area contributed by atoms with E-state index in [1.165, 1.54) is 12.1 Å². The van der Waals surface area contributed by atoms with Crippen molar-refractivity contribution in [3.63, 3.8) is 0 Å². The third kappa shape index (κ3) is 3.08. The standard InChI is InChI=1S/C19H17F2N9/c20-15-2-1-3-16(17(15)21)30-19(26-27-28-30)14-6-11(7-24-18(14)22)12-8-25-29(10-12)13-4-5-23-9-13/h1-3,6-8,10,13,23H,4-5,9H2,(H2,22,24)/t13-/m0/s1. The zero-order valence-corrected chi connectivity index (χ0v) is 15.7. The summed E-state index contributed by atoms with van der Waals surface area (Å²) >= 11 is 0. The predicted molar refractivity (Wildman–Crippen MR) is 104 cm³/mol. The van der Waals surface area contributed by atoms with E-state index in [1.54, 1.807) is 18.5 Å². The molecule has 30 heavy (non-hydrogen) atoms. The van der Waals surface area contributed by atoms with Gasteiger partial charge in [0.25, 0.3) is 0 Å². The summed E-state index contributed by atoms with van der Waals surface area (Å²) in [5.41, 5.74) is 7.95. The Labute approximate surface area is 169 Å². The summed E-state index contributed by atoms with van der Waals surface area (Å²) in [4.78, 5) is 4.24. The van der Waals surface area contributed by atoms with Gasteiger partial charge in [-0.2, -0.15) is 9.78 Å². The van der Waals surface area contributed by atoms with E-state index in [0.29, 0.717) is 11.6 Å². The summed E-state index contributed by atoms with van der Waals surface area (Å²) in [6.45, 7) is 1.84. The normalized spacial score (nSPS) is 16.3. The number of aromatic nitrogens is 7. The van der Waals surface area contributed by atoms with E-state index in [9.17, 15) is 8.78 Å². The molecule has 5 rings (SSSR count). The second kappa shape index (κ2) is 7.26. The van der Waals surface area contributed by atoms with Crippen molar-refractivity contribution in [1.82, 2.24) is 40.3 Å². The first-order chi connectivity index (χ1) is 14.6. The van der Waals surface area contributed by atoms with Crippen LogP contribution in [-0.2, 0) is 0 Å². The van der Waals surface area contributed by atoms with Gasteiger partial charge in [-0.25, -0.2) is 13.8 Å². The average Bonchev–Trinajstić information content (AvgIpc) is 3.51. The maximum absolute atomic E-state index is 14.3. The van der Waals surface area contributed by atoms with Crippen LogP contribution in [0.25, 0.3) is 28.2 Å². The van der Waals surface area contributed by atoms with Crippen LogP contribution in [0.5, 0.6) is 0 Å². The van der Waals surface area contributed by atoms with Gasteiger partial charge in [-0.1, -0.05) is 6.07 Å². The van der Waals surface area contributed by atoms with Crippen LogP contribution in [0.1, 0.15) is 12.5 Å². The van der Waals surface area contributed by atoms with Crippen molar-refractivity contribution in [2.75, 3.05) is 18.8 Å². The van der Waals surface area contributed by atoms with E-state index >= 15 is 0 Å². The second-order valence-electron chi connectivity index (χ2n) is 7.00. The molecule has 3 aromatic heterocycles. The number of nitrogens with zero attached hydrogens (tertiary/aromatic N) is 7. The lowest BCUT2D eigenvalue weighted by molar-refractivity contribution is 0.491. The van der Waals surface area contributed by atoms with E-state index < -0.39 is 11.6 Å². The number of nitrogens with one attached hydrogen (secondary N) is 1. The lowest BCUT2D eigenvalue weighted by Crippen LogP contribution is -2.13. The van der Waals surface area contributed by atoms with Crippen molar-refractivity contribution in [2.45, 2.75) is 12.5 Å². The number of nitrogen functional groups attached to an aromatic ring is 1. The van der Waals surface area contributed by atoms with Crippen molar-refractivity contribution in [3.8, 4) is 28.2 Å². The smallest absolute Gasteiger partial charge is 0.190 e. The molecule has 1 aromatic carbocycles. The third-order valence-electron chi connectivity index (χ3n) is 5.13. The summed E-state index contributed by atoms with van der Waals surface area (Å²) in [5, 5.41) is 19.2. The number of benzene rings is 1. The number of rotatable bonds is 4. The number of hydrogen-bond donors (Lipinski definition) is 2. The van der Waals surface area contributed by atoms with Crippen molar-refractivity contribution >= 4 is 5.82 Å². The number of hydrogen-bond acceptors (Lipinski definition) is 7. The first-order valence-corrected chi connectivity index (χ1v) is 9.35. The fourth-order valence-corrected chi connectivity index (χ4v) is 3.54. The maximum Gasteiger partial charge on any atom is 0.190 e. The van der Waals surface area contributed by atoms with E-state index in [-0.39, 0.29) is 17.3 Å². The monoisotopic (exact) mass is 409 g/mol. The molecule has 11 heteroatoms. The fraction of sp³-hybridized carbons (Fsp3) is 0.211. The van der Waals surface area contributed by atoms with E-state index in [0.717, 1.165) is 41.4 Å². The van der Waals surface area contributed by atoms with E-state index in [2.05, 4.69) is 30.9 Å². The van der Waals surface area contributed by atoms with Gasteiger partial charge >= 0.3 is 0 Å². The molecule has 0 bridgehead atoms. The first kappa shape index (κ1) is 18.3. The van der Waals surface area contributed by atoms with Crippen LogP contribution in [0.15, 0.2) is 42.9 Å². The van der Waals surface area contributed by atoms with Crippen LogP contribution < -0.4 is 11.1 Å². The average molecular weight is 409 g/mol. The maximum atomic E-state index is 14.3. The molecule has 0 spiro atoms. The van der Waals surface area contributed by atoms with Gasteiger partial charge in [0.1, 0.15) is 11.5 Å². The Bertz CT molecular complexity index is 1210. The summed E-state index contributed by atoms with van der Waals surface area (Å²) < 4.78 is 31.0. The number of tetrazole rings is 1. The minimum absolute atomic E-state index is 0.124. The minimum atomic E-state index is -1.06. The van der Waals surface area contributed by atoms with Gasteiger partial charge in [0.05, 0.1) is 17.8 Å².